The molecule has 0 saturated carbocycles. The lowest BCUT2D eigenvalue weighted by molar-refractivity contribution is 0.0160. The predicted molar refractivity (Wildman–Crippen MR) is 99.4 cm³/mol. The van der Waals surface area contributed by atoms with Crippen LogP contribution in [0.2, 0.25) is 0 Å². The second kappa shape index (κ2) is 8.85. The second-order valence-electron chi connectivity index (χ2n) is 6.68. The fraction of sp³-hybridized carbons (Fsp3) is 0.526. The summed E-state index contributed by atoms with van der Waals surface area (Å²) in [5.74, 6) is 0.281. The van der Waals surface area contributed by atoms with Gasteiger partial charge >= 0.3 is 0 Å². The number of nitrogens with one attached hydrogen (secondary N) is 1. The third kappa shape index (κ3) is 5.07. The van der Waals surface area contributed by atoms with Crippen LogP contribution in [0.25, 0.3) is 0 Å². The predicted octanol–water partition coefficient (Wildman–Crippen LogP) is 3.57. The average molecular weight is 364 g/mol. The molecule has 1 aliphatic rings. The first-order chi connectivity index (χ1) is 12.1. The molecule has 1 aromatic heterocycles. The lowest BCUT2D eigenvalue weighted by Gasteiger charge is -2.35. The molecule has 2 heterocycles. The molecule has 3 rings (SSSR count). The Morgan fingerprint density at radius 3 is 2.80 bits per heavy atom. The smallest absolute Gasteiger partial charge is 0.123 e. The number of nitrogens with zero attached hydrogens (tertiary/aromatic N) is 2. The van der Waals surface area contributed by atoms with Gasteiger partial charge in [-0.05, 0) is 17.7 Å². The van der Waals surface area contributed by atoms with E-state index in [1.165, 1.54) is 11.1 Å². The van der Waals surface area contributed by atoms with Crippen molar-refractivity contribution < 1.29 is 9.13 Å². The van der Waals surface area contributed by atoms with Crippen molar-refractivity contribution in [2.45, 2.75) is 32.4 Å². The van der Waals surface area contributed by atoms with E-state index in [4.69, 9.17) is 4.74 Å². The van der Waals surface area contributed by atoms with Gasteiger partial charge in [0.05, 0.1) is 23.9 Å². The van der Waals surface area contributed by atoms with Crippen molar-refractivity contribution in [1.82, 2.24) is 15.2 Å². The Balaban J connectivity index is 1.64. The van der Waals surface area contributed by atoms with Gasteiger partial charge in [-0.1, -0.05) is 26.0 Å². The molecular formula is C19H26FN3OS. The van der Waals surface area contributed by atoms with E-state index >= 15 is 0 Å². The van der Waals surface area contributed by atoms with E-state index < -0.39 is 0 Å². The number of halogens is 1. The lowest BCUT2D eigenvalue weighted by Crippen LogP contribution is -2.42. The van der Waals surface area contributed by atoms with Crippen molar-refractivity contribution >= 4 is 11.3 Å². The van der Waals surface area contributed by atoms with Gasteiger partial charge in [0.1, 0.15) is 5.82 Å². The standard InChI is InChI=1S/C19H26FN3OS/c1-14(2)19-22-17(13-25-19)11-21-12-18(23-6-8-24-9-7-23)15-4-3-5-16(20)10-15/h3-5,10,13-14,18,21H,6-9,11-12H2,1-2H3. The van der Waals surface area contributed by atoms with Crippen LogP contribution >= 0.6 is 11.3 Å². The number of hydrogen-bond acceptors (Lipinski definition) is 5. The molecule has 1 N–H and O–H groups in total. The Labute approximate surface area is 153 Å². The van der Waals surface area contributed by atoms with E-state index in [-0.39, 0.29) is 11.9 Å². The number of ether oxygens (including phenoxy) is 1. The third-order valence-electron chi connectivity index (χ3n) is 4.43. The van der Waals surface area contributed by atoms with Crippen LogP contribution in [0.5, 0.6) is 0 Å². The minimum absolute atomic E-state index is 0.141. The largest absolute Gasteiger partial charge is 0.379 e. The maximum absolute atomic E-state index is 13.7. The van der Waals surface area contributed by atoms with Crippen LogP contribution in [0.15, 0.2) is 29.6 Å². The molecule has 1 aromatic carbocycles. The average Bonchev–Trinajstić information content (AvgIpc) is 3.09. The molecule has 1 unspecified atom stereocenters. The van der Waals surface area contributed by atoms with Crippen LogP contribution in [-0.2, 0) is 11.3 Å². The first kappa shape index (κ1) is 18.5. The zero-order chi connectivity index (χ0) is 17.6. The number of thiazole rings is 1. The van der Waals surface area contributed by atoms with Crippen LogP contribution in [0.3, 0.4) is 0 Å². The van der Waals surface area contributed by atoms with Gasteiger partial charge in [-0.15, -0.1) is 11.3 Å². The molecule has 0 radical (unpaired) electrons. The monoisotopic (exact) mass is 363 g/mol. The van der Waals surface area contributed by atoms with Gasteiger partial charge in [0.2, 0.25) is 0 Å². The zero-order valence-corrected chi connectivity index (χ0v) is 15.7. The van der Waals surface area contributed by atoms with Crippen LogP contribution in [0.1, 0.15) is 42.1 Å². The Morgan fingerprint density at radius 1 is 1.32 bits per heavy atom. The van der Waals surface area contributed by atoms with Gasteiger partial charge in [0, 0.05) is 43.5 Å². The minimum Gasteiger partial charge on any atom is -0.379 e. The first-order valence-electron chi connectivity index (χ1n) is 8.86. The summed E-state index contributed by atoms with van der Waals surface area (Å²) < 4.78 is 19.2. The zero-order valence-electron chi connectivity index (χ0n) is 14.9. The van der Waals surface area contributed by atoms with E-state index in [1.54, 1.807) is 23.5 Å². The molecule has 136 valence electrons. The highest BCUT2D eigenvalue weighted by molar-refractivity contribution is 7.09. The second-order valence-corrected chi connectivity index (χ2v) is 7.57. The van der Waals surface area contributed by atoms with Gasteiger partial charge in [0.25, 0.3) is 0 Å². The maximum Gasteiger partial charge on any atom is 0.123 e. The maximum atomic E-state index is 13.7. The van der Waals surface area contributed by atoms with E-state index in [0.717, 1.165) is 50.7 Å². The van der Waals surface area contributed by atoms with E-state index in [0.29, 0.717) is 5.92 Å². The molecule has 1 fully saturated rings. The molecule has 0 amide bonds. The van der Waals surface area contributed by atoms with E-state index in [9.17, 15) is 4.39 Å². The molecule has 1 atom stereocenters. The molecule has 1 saturated heterocycles. The van der Waals surface area contributed by atoms with Crippen LogP contribution in [0.4, 0.5) is 4.39 Å². The van der Waals surface area contributed by atoms with E-state index in [2.05, 4.69) is 34.4 Å². The summed E-state index contributed by atoms with van der Waals surface area (Å²) in [4.78, 5) is 7.04. The Bertz CT molecular complexity index is 670. The van der Waals surface area contributed by atoms with Crippen LogP contribution in [-0.4, -0.2) is 42.7 Å². The highest BCUT2D eigenvalue weighted by atomic mass is 32.1. The Kier molecular flexibility index (Phi) is 6.53. The van der Waals surface area contributed by atoms with Crippen molar-refractivity contribution in [3.63, 3.8) is 0 Å². The fourth-order valence-corrected chi connectivity index (χ4v) is 3.90. The summed E-state index contributed by atoms with van der Waals surface area (Å²) in [6, 6.07) is 7.07. The quantitative estimate of drug-likeness (QED) is 0.816. The Morgan fingerprint density at radius 2 is 2.12 bits per heavy atom. The summed E-state index contributed by atoms with van der Waals surface area (Å²) in [5.41, 5.74) is 2.09. The molecule has 0 bridgehead atoms. The Hall–Kier alpha value is -1.34. The molecule has 25 heavy (non-hydrogen) atoms. The first-order valence-corrected chi connectivity index (χ1v) is 9.73. The SMILES string of the molecule is CC(C)c1nc(CNCC(c2cccc(F)c2)N2CCOCC2)cs1. The molecule has 0 aliphatic carbocycles. The van der Waals surface area contributed by atoms with Gasteiger partial charge in [0.15, 0.2) is 0 Å². The van der Waals surface area contributed by atoms with Crippen molar-refractivity contribution in [3.05, 3.63) is 51.7 Å². The topological polar surface area (TPSA) is 37.4 Å². The van der Waals surface area contributed by atoms with E-state index in [1.807, 2.05) is 6.07 Å². The summed E-state index contributed by atoms with van der Waals surface area (Å²) in [7, 11) is 0. The number of rotatable bonds is 7. The molecule has 4 nitrogen and oxygen atoms in total. The molecule has 1 aliphatic heterocycles. The molecule has 2 aromatic rings. The van der Waals surface area contributed by atoms with Crippen molar-refractivity contribution in [2.24, 2.45) is 0 Å². The van der Waals surface area contributed by atoms with Crippen molar-refractivity contribution in [1.29, 1.82) is 0 Å². The summed E-state index contributed by atoms with van der Waals surface area (Å²) >= 11 is 1.72. The van der Waals surface area contributed by atoms with Crippen molar-refractivity contribution in [2.75, 3.05) is 32.8 Å². The highest BCUT2D eigenvalue weighted by Crippen LogP contribution is 2.23. The molecule has 0 spiro atoms. The minimum atomic E-state index is -0.183. The number of morpholine rings is 1. The number of hydrogen-bond donors (Lipinski definition) is 1. The highest BCUT2D eigenvalue weighted by Gasteiger charge is 2.22. The van der Waals surface area contributed by atoms with Gasteiger partial charge < -0.3 is 10.1 Å². The number of benzene rings is 1. The normalized spacial score (nSPS) is 17.1. The fourth-order valence-electron chi connectivity index (χ4n) is 3.07. The summed E-state index contributed by atoms with van der Waals surface area (Å²) in [5, 5.41) is 6.80. The number of aromatic nitrogens is 1. The van der Waals surface area contributed by atoms with Gasteiger partial charge in [-0.25, -0.2) is 9.37 Å². The lowest BCUT2D eigenvalue weighted by atomic mass is 10.0. The molecule has 6 heteroatoms. The summed E-state index contributed by atoms with van der Waals surface area (Å²) in [6.45, 7) is 9.03. The van der Waals surface area contributed by atoms with Gasteiger partial charge in [-0.2, -0.15) is 0 Å². The van der Waals surface area contributed by atoms with Crippen LogP contribution in [0, 0.1) is 5.82 Å². The third-order valence-corrected chi connectivity index (χ3v) is 5.62. The molecular weight excluding hydrogens is 337 g/mol. The van der Waals surface area contributed by atoms with Gasteiger partial charge in [-0.3, -0.25) is 4.90 Å². The van der Waals surface area contributed by atoms with Crippen molar-refractivity contribution in [3.8, 4) is 0 Å². The summed E-state index contributed by atoms with van der Waals surface area (Å²) in [6.07, 6.45) is 0. The van der Waals surface area contributed by atoms with Crippen LogP contribution < -0.4 is 5.32 Å².